The molecule has 41 heavy (non-hydrogen) atoms. The highest BCUT2D eigenvalue weighted by Crippen LogP contribution is 2.26. The van der Waals surface area contributed by atoms with Gasteiger partial charge in [-0.15, -0.1) is 0 Å². The van der Waals surface area contributed by atoms with Gasteiger partial charge in [0.15, 0.2) is 0 Å². The summed E-state index contributed by atoms with van der Waals surface area (Å²) in [4.78, 5) is 41.6. The summed E-state index contributed by atoms with van der Waals surface area (Å²) in [6, 6.07) is 22.6. The van der Waals surface area contributed by atoms with Crippen molar-refractivity contribution in [1.29, 1.82) is 0 Å². The van der Waals surface area contributed by atoms with Crippen molar-refractivity contribution in [2.75, 3.05) is 13.6 Å². The number of aromatic nitrogens is 3. The fraction of sp³-hybridized carbons (Fsp3) is 0.188. The van der Waals surface area contributed by atoms with Crippen LogP contribution in [0.4, 0.5) is 0 Å². The van der Waals surface area contributed by atoms with Gasteiger partial charge in [-0.25, -0.2) is 4.52 Å². The molecule has 2 aromatic heterocycles. The normalized spacial score (nSPS) is 12.8. The average Bonchev–Trinajstić information content (AvgIpc) is 3.41. The number of fused-ring (bicyclic) bond motifs is 3. The Morgan fingerprint density at radius 1 is 1.00 bits per heavy atom. The van der Waals surface area contributed by atoms with Crippen LogP contribution in [0.2, 0.25) is 0 Å². The highest BCUT2D eigenvalue weighted by molar-refractivity contribution is 9.10. The summed E-state index contributed by atoms with van der Waals surface area (Å²) in [6.45, 7) is 2.66. The first-order valence-electron chi connectivity index (χ1n) is 13.4. The smallest absolute Gasteiger partial charge is 0.261 e. The second-order valence-electron chi connectivity index (χ2n) is 10.2. The van der Waals surface area contributed by atoms with Crippen LogP contribution in [0.3, 0.4) is 0 Å². The minimum absolute atomic E-state index is 0.0787. The van der Waals surface area contributed by atoms with E-state index in [4.69, 9.17) is 5.10 Å². The molecule has 3 aromatic carbocycles. The number of nitrogens with zero attached hydrogens (tertiary/aromatic N) is 4. The molecule has 0 fully saturated rings. The summed E-state index contributed by atoms with van der Waals surface area (Å²) < 4.78 is 4.45. The number of amides is 2. The molecule has 9 heteroatoms. The number of hydrogen-bond donors (Lipinski definition) is 1. The summed E-state index contributed by atoms with van der Waals surface area (Å²) in [5, 5.41) is 7.38. The van der Waals surface area contributed by atoms with E-state index in [9.17, 15) is 14.4 Å². The third kappa shape index (κ3) is 4.86. The zero-order valence-electron chi connectivity index (χ0n) is 22.7. The van der Waals surface area contributed by atoms with E-state index in [1.165, 1.54) is 0 Å². The standard InChI is InChI=1S/C32H28BrN5O3/c1-20-16-23(10-13-27(20)33)31(40)36-15-14-26-28(19-36)38-30(24(18-35-38)17-21-6-4-3-5-7-21)37(32(26)41)25-11-8-22(9-12-25)29(39)34-2/h3-13,16,18H,14-15,17,19H2,1-2H3,(H,34,39). The van der Waals surface area contributed by atoms with E-state index in [1.54, 1.807) is 47.0 Å². The largest absolute Gasteiger partial charge is 0.355 e. The lowest BCUT2D eigenvalue weighted by atomic mass is 10.0. The molecular formula is C32H28BrN5O3. The summed E-state index contributed by atoms with van der Waals surface area (Å²) in [5.74, 6) is -0.274. The molecule has 206 valence electrons. The lowest BCUT2D eigenvalue weighted by Gasteiger charge is -2.30. The van der Waals surface area contributed by atoms with E-state index in [-0.39, 0.29) is 23.9 Å². The summed E-state index contributed by atoms with van der Waals surface area (Å²) in [5.41, 5.74) is 6.60. The molecule has 1 N–H and O–H groups in total. The van der Waals surface area contributed by atoms with Crippen molar-refractivity contribution in [1.82, 2.24) is 24.4 Å². The van der Waals surface area contributed by atoms with Crippen LogP contribution in [0, 0.1) is 6.92 Å². The lowest BCUT2D eigenvalue weighted by molar-refractivity contribution is 0.0729. The van der Waals surface area contributed by atoms with E-state index in [1.807, 2.05) is 60.0 Å². The Labute approximate surface area is 245 Å². The van der Waals surface area contributed by atoms with Crippen molar-refractivity contribution in [3.05, 3.63) is 133 Å². The second-order valence-corrected chi connectivity index (χ2v) is 11.1. The van der Waals surface area contributed by atoms with E-state index >= 15 is 0 Å². The van der Waals surface area contributed by atoms with E-state index < -0.39 is 0 Å². The fourth-order valence-corrected chi connectivity index (χ4v) is 5.68. The topological polar surface area (TPSA) is 88.7 Å². The van der Waals surface area contributed by atoms with Gasteiger partial charge in [-0.2, -0.15) is 5.10 Å². The molecule has 0 aliphatic carbocycles. The van der Waals surface area contributed by atoms with E-state index in [0.29, 0.717) is 47.4 Å². The number of halogens is 1. The molecule has 0 bridgehead atoms. The number of benzene rings is 3. The minimum atomic E-state index is -0.195. The predicted octanol–water partition coefficient (Wildman–Crippen LogP) is 4.71. The van der Waals surface area contributed by atoms with Gasteiger partial charge >= 0.3 is 0 Å². The molecule has 5 aromatic rings. The Hall–Kier alpha value is -4.50. The van der Waals surface area contributed by atoms with Gasteiger partial charge in [-0.1, -0.05) is 46.3 Å². The maximum Gasteiger partial charge on any atom is 0.261 e. The third-order valence-corrected chi connectivity index (χ3v) is 8.50. The fourth-order valence-electron chi connectivity index (χ4n) is 5.43. The highest BCUT2D eigenvalue weighted by atomic mass is 79.9. The number of rotatable bonds is 5. The molecule has 0 unspecified atom stereocenters. The molecule has 0 saturated carbocycles. The maximum atomic E-state index is 14.2. The van der Waals surface area contributed by atoms with Crippen LogP contribution in [0.25, 0.3) is 11.3 Å². The third-order valence-electron chi connectivity index (χ3n) is 7.61. The number of carbonyl (C=O) groups is 2. The lowest BCUT2D eigenvalue weighted by Crippen LogP contribution is -2.41. The molecule has 0 radical (unpaired) electrons. The van der Waals surface area contributed by atoms with Crippen molar-refractivity contribution in [2.24, 2.45) is 0 Å². The molecule has 0 atom stereocenters. The molecule has 6 rings (SSSR count). The summed E-state index contributed by atoms with van der Waals surface area (Å²) in [6.07, 6.45) is 2.80. The molecule has 8 nitrogen and oxygen atoms in total. The van der Waals surface area contributed by atoms with Crippen molar-refractivity contribution < 1.29 is 9.59 Å². The van der Waals surface area contributed by atoms with Gasteiger partial charge < -0.3 is 10.2 Å². The Morgan fingerprint density at radius 2 is 1.73 bits per heavy atom. The Balaban J connectivity index is 1.48. The second kappa shape index (κ2) is 10.8. The van der Waals surface area contributed by atoms with Crippen LogP contribution >= 0.6 is 15.9 Å². The van der Waals surface area contributed by atoms with Crippen molar-refractivity contribution in [2.45, 2.75) is 26.3 Å². The van der Waals surface area contributed by atoms with Crippen LogP contribution in [-0.2, 0) is 19.4 Å². The van der Waals surface area contributed by atoms with Crippen LogP contribution < -0.4 is 10.9 Å². The molecule has 1 aliphatic rings. The van der Waals surface area contributed by atoms with E-state index in [2.05, 4.69) is 21.2 Å². The highest BCUT2D eigenvalue weighted by Gasteiger charge is 2.29. The minimum Gasteiger partial charge on any atom is -0.355 e. The van der Waals surface area contributed by atoms with Crippen LogP contribution in [0.5, 0.6) is 0 Å². The van der Waals surface area contributed by atoms with Gasteiger partial charge in [0.1, 0.15) is 5.65 Å². The SMILES string of the molecule is CNC(=O)c1ccc(-n2c(=O)c3c(n4ncc(Cc5ccccc5)c24)CN(C(=O)c2ccc(Br)c(C)c2)CC3)cc1. The number of aryl methyl sites for hydroxylation is 1. The molecular weight excluding hydrogens is 582 g/mol. The van der Waals surface area contributed by atoms with Gasteiger partial charge in [0.2, 0.25) is 0 Å². The van der Waals surface area contributed by atoms with Gasteiger partial charge in [0.05, 0.1) is 24.1 Å². The van der Waals surface area contributed by atoms with Crippen LogP contribution in [0.1, 0.15) is 48.7 Å². The quantitative estimate of drug-likeness (QED) is 0.313. The first-order chi connectivity index (χ1) is 19.9. The van der Waals surface area contributed by atoms with Gasteiger partial charge in [-0.3, -0.25) is 19.0 Å². The van der Waals surface area contributed by atoms with Gasteiger partial charge in [-0.05, 0) is 66.9 Å². The maximum absolute atomic E-state index is 14.2. The molecule has 0 spiro atoms. The zero-order chi connectivity index (χ0) is 28.7. The number of nitrogens with one attached hydrogen (secondary N) is 1. The first kappa shape index (κ1) is 26.7. The van der Waals surface area contributed by atoms with Crippen LogP contribution in [-0.4, -0.2) is 44.5 Å². The molecule has 2 amide bonds. The molecule has 3 heterocycles. The zero-order valence-corrected chi connectivity index (χ0v) is 24.3. The van der Waals surface area contributed by atoms with Crippen molar-refractivity contribution >= 4 is 33.4 Å². The monoisotopic (exact) mass is 609 g/mol. The molecule has 1 aliphatic heterocycles. The number of hydrogen-bond acceptors (Lipinski definition) is 4. The summed E-state index contributed by atoms with van der Waals surface area (Å²) in [7, 11) is 1.59. The first-order valence-corrected chi connectivity index (χ1v) is 14.2. The average molecular weight is 611 g/mol. The van der Waals surface area contributed by atoms with Crippen molar-refractivity contribution in [3.63, 3.8) is 0 Å². The Kier molecular flexibility index (Phi) is 7.05. The van der Waals surface area contributed by atoms with Gasteiger partial charge in [0, 0.05) is 46.7 Å². The van der Waals surface area contributed by atoms with E-state index in [0.717, 1.165) is 26.9 Å². The van der Waals surface area contributed by atoms with Crippen molar-refractivity contribution in [3.8, 4) is 5.69 Å². The summed E-state index contributed by atoms with van der Waals surface area (Å²) >= 11 is 3.50. The van der Waals surface area contributed by atoms with Gasteiger partial charge in [0.25, 0.3) is 17.4 Å². The molecule has 0 saturated heterocycles. The predicted molar refractivity (Wildman–Crippen MR) is 161 cm³/mol. The Morgan fingerprint density at radius 3 is 2.44 bits per heavy atom. The van der Waals surface area contributed by atoms with Crippen LogP contribution in [0.15, 0.2) is 88.3 Å². The number of carbonyl (C=O) groups excluding carboxylic acids is 2. The Bertz CT molecular complexity index is 1860.